The normalized spacial score (nSPS) is 22.1. The lowest BCUT2D eigenvalue weighted by Crippen LogP contribution is -2.48. The van der Waals surface area contributed by atoms with Crippen LogP contribution in [-0.2, 0) is 0 Å². The average molecular weight is 306 g/mol. The summed E-state index contributed by atoms with van der Waals surface area (Å²) in [7, 11) is 1.84. The second kappa shape index (κ2) is 7.22. The molecule has 1 heterocycles. The molecule has 1 atom stereocenters. The van der Waals surface area contributed by atoms with E-state index in [-0.39, 0.29) is 0 Å². The van der Waals surface area contributed by atoms with Crippen molar-refractivity contribution in [3.63, 3.8) is 0 Å². The molecule has 16 heavy (non-hydrogen) atoms. The number of hydrogen-bond donors (Lipinski definition) is 1. The minimum atomic E-state index is 0.729. The van der Waals surface area contributed by atoms with Gasteiger partial charge in [-0.15, -0.1) is 0 Å². The van der Waals surface area contributed by atoms with Gasteiger partial charge in [0.2, 0.25) is 0 Å². The van der Waals surface area contributed by atoms with Crippen molar-refractivity contribution in [3.05, 3.63) is 11.1 Å². The Morgan fingerprint density at radius 2 is 2.44 bits per heavy atom. The van der Waals surface area contributed by atoms with Gasteiger partial charge in [-0.1, -0.05) is 29.4 Å². The summed E-state index contributed by atoms with van der Waals surface area (Å²) in [5, 5.41) is 4.04. The molecular formula is C11H20BrN3S. The molecule has 1 aliphatic heterocycles. The summed E-state index contributed by atoms with van der Waals surface area (Å²) in [4.78, 5) is 6.65. The van der Waals surface area contributed by atoms with Crippen LogP contribution in [-0.4, -0.2) is 48.5 Å². The standard InChI is InChI=1S/C11H20BrN3S/c1-4-10-8-15(5-6-16-10)11(13-3)14-7-9(2)12/h10H,2,4-8H2,1,3H3,(H,13,14). The van der Waals surface area contributed by atoms with Gasteiger partial charge in [0.05, 0.1) is 0 Å². The van der Waals surface area contributed by atoms with Crippen LogP contribution in [0.25, 0.3) is 0 Å². The highest BCUT2D eigenvalue weighted by molar-refractivity contribution is 9.11. The summed E-state index contributed by atoms with van der Waals surface area (Å²) in [6, 6.07) is 0. The lowest BCUT2D eigenvalue weighted by atomic mass is 10.3. The van der Waals surface area contributed by atoms with Crippen LogP contribution < -0.4 is 5.32 Å². The first-order valence-electron chi connectivity index (χ1n) is 5.57. The predicted octanol–water partition coefficient (Wildman–Crippen LogP) is 2.30. The Balaban J connectivity index is 2.49. The summed E-state index contributed by atoms with van der Waals surface area (Å²) >= 11 is 5.42. The van der Waals surface area contributed by atoms with Gasteiger partial charge in [-0.25, -0.2) is 0 Å². The maximum absolute atomic E-state index is 4.31. The highest BCUT2D eigenvalue weighted by atomic mass is 79.9. The van der Waals surface area contributed by atoms with Crippen molar-refractivity contribution in [1.82, 2.24) is 10.2 Å². The third-order valence-electron chi connectivity index (χ3n) is 2.54. The molecule has 1 aliphatic rings. The Kier molecular flexibility index (Phi) is 6.28. The van der Waals surface area contributed by atoms with Crippen LogP contribution >= 0.6 is 27.7 Å². The predicted molar refractivity (Wildman–Crippen MR) is 77.5 cm³/mol. The van der Waals surface area contributed by atoms with Gasteiger partial charge < -0.3 is 10.2 Å². The Morgan fingerprint density at radius 3 is 3.00 bits per heavy atom. The van der Waals surface area contributed by atoms with Gasteiger partial charge in [0.1, 0.15) is 0 Å². The van der Waals surface area contributed by atoms with Crippen LogP contribution in [0.1, 0.15) is 13.3 Å². The summed E-state index contributed by atoms with van der Waals surface area (Å²) < 4.78 is 0.951. The molecule has 0 bridgehead atoms. The van der Waals surface area contributed by atoms with E-state index in [0.717, 1.165) is 35.3 Å². The quantitative estimate of drug-likeness (QED) is 0.640. The average Bonchev–Trinajstić information content (AvgIpc) is 2.30. The van der Waals surface area contributed by atoms with E-state index in [9.17, 15) is 0 Å². The number of nitrogens with zero attached hydrogens (tertiary/aromatic N) is 2. The maximum Gasteiger partial charge on any atom is 0.193 e. The van der Waals surface area contributed by atoms with Gasteiger partial charge in [0.25, 0.3) is 0 Å². The largest absolute Gasteiger partial charge is 0.352 e. The third-order valence-corrected chi connectivity index (χ3v) is 4.20. The molecule has 0 saturated carbocycles. The van der Waals surface area contributed by atoms with E-state index in [1.54, 1.807) is 0 Å². The van der Waals surface area contributed by atoms with E-state index in [1.165, 1.54) is 12.2 Å². The Hall–Kier alpha value is -0.160. The molecule has 0 amide bonds. The summed E-state index contributed by atoms with van der Waals surface area (Å²) in [6.07, 6.45) is 1.23. The fraction of sp³-hybridized carbons (Fsp3) is 0.727. The van der Waals surface area contributed by atoms with Crippen LogP contribution in [0.3, 0.4) is 0 Å². The Labute approximate surface area is 111 Å². The van der Waals surface area contributed by atoms with Crippen molar-refractivity contribution in [3.8, 4) is 0 Å². The molecule has 1 rings (SSSR count). The Bertz CT molecular complexity index is 268. The summed E-state index contributed by atoms with van der Waals surface area (Å²) in [5.41, 5.74) is 0. The van der Waals surface area contributed by atoms with Gasteiger partial charge in [0, 0.05) is 42.2 Å². The molecule has 1 N–H and O–H groups in total. The number of hydrogen-bond acceptors (Lipinski definition) is 2. The number of guanidine groups is 1. The minimum absolute atomic E-state index is 0.729. The van der Waals surface area contributed by atoms with Gasteiger partial charge in [-0.05, 0) is 6.42 Å². The topological polar surface area (TPSA) is 27.6 Å². The van der Waals surface area contributed by atoms with Gasteiger partial charge in [0.15, 0.2) is 5.96 Å². The monoisotopic (exact) mass is 305 g/mol. The first-order valence-corrected chi connectivity index (χ1v) is 7.42. The molecule has 3 nitrogen and oxygen atoms in total. The number of thioether (sulfide) groups is 1. The van der Waals surface area contributed by atoms with E-state index in [1.807, 2.05) is 7.05 Å². The SMILES string of the molecule is C=C(Br)CNC(=NC)N1CCSC(CC)C1. The van der Waals surface area contributed by atoms with Gasteiger partial charge in [-0.3, -0.25) is 4.99 Å². The van der Waals surface area contributed by atoms with Crippen LogP contribution in [0.15, 0.2) is 16.1 Å². The minimum Gasteiger partial charge on any atom is -0.352 e. The van der Waals surface area contributed by atoms with E-state index in [2.05, 4.69) is 56.4 Å². The number of nitrogens with one attached hydrogen (secondary N) is 1. The third kappa shape index (κ3) is 4.37. The van der Waals surface area contributed by atoms with E-state index in [0.29, 0.717) is 0 Å². The van der Waals surface area contributed by atoms with E-state index in [4.69, 9.17) is 0 Å². The molecule has 1 fully saturated rings. The number of rotatable bonds is 3. The second-order valence-electron chi connectivity index (χ2n) is 3.77. The first-order chi connectivity index (χ1) is 7.67. The van der Waals surface area contributed by atoms with Crippen molar-refractivity contribution >= 4 is 33.7 Å². The lowest BCUT2D eigenvalue weighted by Gasteiger charge is -2.34. The number of aliphatic imine (C=N–C) groups is 1. The summed E-state index contributed by atoms with van der Waals surface area (Å²) in [6.45, 7) is 8.96. The fourth-order valence-corrected chi connectivity index (χ4v) is 2.99. The van der Waals surface area contributed by atoms with Crippen molar-refractivity contribution in [2.45, 2.75) is 18.6 Å². The van der Waals surface area contributed by atoms with E-state index >= 15 is 0 Å². The van der Waals surface area contributed by atoms with Crippen LogP contribution in [0, 0.1) is 0 Å². The molecule has 0 radical (unpaired) electrons. The smallest absolute Gasteiger partial charge is 0.193 e. The molecule has 1 unspecified atom stereocenters. The van der Waals surface area contributed by atoms with Crippen molar-refractivity contribution < 1.29 is 0 Å². The van der Waals surface area contributed by atoms with Crippen molar-refractivity contribution in [2.24, 2.45) is 4.99 Å². The molecular weight excluding hydrogens is 286 g/mol. The maximum atomic E-state index is 4.31. The van der Waals surface area contributed by atoms with Gasteiger partial charge >= 0.3 is 0 Å². The van der Waals surface area contributed by atoms with Crippen molar-refractivity contribution in [1.29, 1.82) is 0 Å². The fourth-order valence-electron chi connectivity index (χ4n) is 1.67. The molecule has 0 aliphatic carbocycles. The number of halogens is 1. The van der Waals surface area contributed by atoms with Crippen LogP contribution in [0.5, 0.6) is 0 Å². The molecule has 5 heteroatoms. The zero-order valence-corrected chi connectivity index (χ0v) is 12.4. The molecule has 0 spiro atoms. The zero-order valence-electron chi connectivity index (χ0n) is 10.0. The van der Waals surface area contributed by atoms with Crippen molar-refractivity contribution in [2.75, 3.05) is 32.4 Å². The molecule has 1 saturated heterocycles. The molecule has 0 aromatic heterocycles. The Morgan fingerprint density at radius 1 is 1.69 bits per heavy atom. The molecule has 92 valence electrons. The van der Waals surface area contributed by atoms with Crippen LogP contribution in [0.2, 0.25) is 0 Å². The van der Waals surface area contributed by atoms with Crippen LogP contribution in [0.4, 0.5) is 0 Å². The molecule has 0 aromatic carbocycles. The lowest BCUT2D eigenvalue weighted by molar-refractivity contribution is 0.410. The van der Waals surface area contributed by atoms with E-state index < -0.39 is 0 Å². The second-order valence-corrected chi connectivity index (χ2v) is 6.29. The van der Waals surface area contributed by atoms with Gasteiger partial charge in [-0.2, -0.15) is 11.8 Å². The highest BCUT2D eigenvalue weighted by Gasteiger charge is 2.21. The summed E-state index contributed by atoms with van der Waals surface area (Å²) in [5.74, 6) is 2.17. The highest BCUT2D eigenvalue weighted by Crippen LogP contribution is 2.20. The first kappa shape index (κ1) is 13.9. The zero-order chi connectivity index (χ0) is 12.0. The molecule has 0 aromatic rings.